The van der Waals surface area contributed by atoms with Gasteiger partial charge in [-0.2, -0.15) is 13.2 Å². The lowest BCUT2D eigenvalue weighted by atomic mass is 10.1. The second-order valence-electron chi connectivity index (χ2n) is 4.32. The quantitative estimate of drug-likeness (QED) is 0.857. The summed E-state index contributed by atoms with van der Waals surface area (Å²) >= 11 is 0. The highest BCUT2D eigenvalue weighted by atomic mass is 19.4. The van der Waals surface area contributed by atoms with Gasteiger partial charge in [-0.3, -0.25) is 9.78 Å². The maximum atomic E-state index is 13.1. The molecule has 1 aromatic carbocycles. The molecule has 110 valence electrons. The minimum absolute atomic E-state index is 0.192. The summed E-state index contributed by atoms with van der Waals surface area (Å²) in [5.74, 6) is -1.48. The van der Waals surface area contributed by atoms with Gasteiger partial charge in [0.1, 0.15) is 11.5 Å². The van der Waals surface area contributed by atoms with E-state index in [1.165, 1.54) is 19.1 Å². The second-order valence-corrected chi connectivity index (χ2v) is 4.32. The molecule has 0 bridgehead atoms. The lowest BCUT2D eigenvalue weighted by Gasteiger charge is -2.12. The van der Waals surface area contributed by atoms with Crippen LogP contribution in [0.2, 0.25) is 0 Å². The Morgan fingerprint density at radius 3 is 2.57 bits per heavy atom. The van der Waals surface area contributed by atoms with Crippen LogP contribution in [0.3, 0.4) is 0 Å². The first-order valence-corrected chi connectivity index (χ1v) is 5.89. The molecular weight excluding hydrogens is 288 g/mol. The van der Waals surface area contributed by atoms with Crippen LogP contribution in [0.5, 0.6) is 0 Å². The van der Waals surface area contributed by atoms with Crippen molar-refractivity contribution in [3.05, 3.63) is 59.2 Å². The summed E-state index contributed by atoms with van der Waals surface area (Å²) in [4.78, 5) is 15.4. The summed E-state index contributed by atoms with van der Waals surface area (Å²) < 4.78 is 51.5. The number of pyridine rings is 1. The topological polar surface area (TPSA) is 42.0 Å². The standard InChI is InChI=1S/C14H10F4N2O/c1-8-7-9(4-5-11(8)15)20-13(21)12-10(14(16,17)18)3-2-6-19-12/h2-7H,1H3,(H,20,21). The van der Waals surface area contributed by atoms with Gasteiger partial charge in [-0.15, -0.1) is 0 Å². The molecule has 1 N–H and O–H groups in total. The molecule has 0 aliphatic heterocycles. The molecule has 7 heteroatoms. The highest BCUT2D eigenvalue weighted by Crippen LogP contribution is 2.31. The molecule has 0 unspecified atom stereocenters. The molecule has 0 saturated carbocycles. The van der Waals surface area contributed by atoms with E-state index in [2.05, 4.69) is 10.3 Å². The normalized spacial score (nSPS) is 11.3. The van der Waals surface area contributed by atoms with Crippen LogP contribution in [-0.2, 0) is 6.18 Å². The van der Waals surface area contributed by atoms with Crippen LogP contribution in [-0.4, -0.2) is 10.9 Å². The molecule has 0 fully saturated rings. The van der Waals surface area contributed by atoms with Crippen LogP contribution < -0.4 is 5.32 Å². The maximum Gasteiger partial charge on any atom is 0.418 e. The lowest BCUT2D eigenvalue weighted by Crippen LogP contribution is -2.20. The largest absolute Gasteiger partial charge is 0.418 e. The fourth-order valence-corrected chi connectivity index (χ4v) is 1.73. The van der Waals surface area contributed by atoms with E-state index in [4.69, 9.17) is 0 Å². The molecule has 0 aliphatic carbocycles. The first-order valence-electron chi connectivity index (χ1n) is 5.89. The highest BCUT2D eigenvalue weighted by Gasteiger charge is 2.35. The van der Waals surface area contributed by atoms with Gasteiger partial charge in [-0.05, 0) is 42.8 Å². The summed E-state index contributed by atoms with van der Waals surface area (Å²) in [5, 5.41) is 2.27. The van der Waals surface area contributed by atoms with E-state index in [1.54, 1.807) is 0 Å². The predicted molar refractivity (Wildman–Crippen MR) is 68.3 cm³/mol. The number of rotatable bonds is 2. The van der Waals surface area contributed by atoms with Crippen molar-refractivity contribution in [2.24, 2.45) is 0 Å². The zero-order valence-electron chi connectivity index (χ0n) is 10.8. The third-order valence-corrected chi connectivity index (χ3v) is 2.74. The zero-order valence-corrected chi connectivity index (χ0v) is 10.8. The summed E-state index contributed by atoms with van der Waals surface area (Å²) in [7, 11) is 0. The fourth-order valence-electron chi connectivity index (χ4n) is 1.73. The van der Waals surface area contributed by atoms with Gasteiger partial charge >= 0.3 is 6.18 Å². The minimum atomic E-state index is -4.68. The molecule has 2 rings (SSSR count). The number of halogens is 4. The van der Waals surface area contributed by atoms with Crippen LogP contribution >= 0.6 is 0 Å². The van der Waals surface area contributed by atoms with Crippen LogP contribution in [0.15, 0.2) is 36.5 Å². The van der Waals surface area contributed by atoms with Gasteiger partial charge in [-0.1, -0.05) is 0 Å². The smallest absolute Gasteiger partial charge is 0.321 e. The Labute approximate surface area is 117 Å². The molecule has 21 heavy (non-hydrogen) atoms. The Balaban J connectivity index is 2.31. The molecule has 0 aliphatic rings. The Morgan fingerprint density at radius 2 is 1.95 bits per heavy atom. The third kappa shape index (κ3) is 3.36. The number of aryl methyl sites for hydroxylation is 1. The number of carbonyl (C=O) groups is 1. The molecule has 0 saturated heterocycles. The number of aromatic nitrogens is 1. The van der Waals surface area contributed by atoms with E-state index >= 15 is 0 Å². The Morgan fingerprint density at radius 1 is 1.24 bits per heavy atom. The number of nitrogens with zero attached hydrogens (tertiary/aromatic N) is 1. The van der Waals surface area contributed by atoms with Gasteiger partial charge in [0.15, 0.2) is 0 Å². The van der Waals surface area contributed by atoms with Crippen molar-refractivity contribution in [2.75, 3.05) is 5.32 Å². The number of alkyl halides is 3. The van der Waals surface area contributed by atoms with Crippen molar-refractivity contribution in [3.63, 3.8) is 0 Å². The lowest BCUT2D eigenvalue weighted by molar-refractivity contribution is -0.138. The number of carbonyl (C=O) groups excluding carboxylic acids is 1. The van der Waals surface area contributed by atoms with Gasteiger partial charge in [0.2, 0.25) is 0 Å². The van der Waals surface area contributed by atoms with Gasteiger partial charge in [-0.25, -0.2) is 4.39 Å². The van der Waals surface area contributed by atoms with E-state index in [9.17, 15) is 22.4 Å². The van der Waals surface area contributed by atoms with Gasteiger partial charge in [0.25, 0.3) is 5.91 Å². The summed E-state index contributed by atoms with van der Waals surface area (Å²) in [6.07, 6.45) is -3.58. The van der Waals surface area contributed by atoms with Crippen LogP contribution in [0.1, 0.15) is 21.6 Å². The van der Waals surface area contributed by atoms with Gasteiger partial charge < -0.3 is 5.32 Å². The fraction of sp³-hybridized carbons (Fsp3) is 0.143. The van der Waals surface area contributed by atoms with Gasteiger partial charge in [0.05, 0.1) is 5.56 Å². The van der Waals surface area contributed by atoms with E-state index in [0.29, 0.717) is 0 Å². The maximum absolute atomic E-state index is 13.1. The van der Waals surface area contributed by atoms with E-state index in [1.807, 2.05) is 0 Å². The first kappa shape index (κ1) is 15.0. The summed E-state index contributed by atoms with van der Waals surface area (Å²) in [6, 6.07) is 5.58. The monoisotopic (exact) mass is 298 g/mol. The third-order valence-electron chi connectivity index (χ3n) is 2.74. The van der Waals surface area contributed by atoms with Crippen molar-refractivity contribution in [1.82, 2.24) is 4.98 Å². The average molecular weight is 298 g/mol. The van der Waals surface area contributed by atoms with Gasteiger partial charge in [0, 0.05) is 11.9 Å². The average Bonchev–Trinajstić information content (AvgIpc) is 2.42. The molecule has 1 aromatic heterocycles. The molecule has 1 amide bonds. The Bertz CT molecular complexity index is 683. The SMILES string of the molecule is Cc1cc(NC(=O)c2ncccc2C(F)(F)F)ccc1F. The summed E-state index contributed by atoms with van der Waals surface area (Å²) in [5.41, 5.74) is -1.39. The first-order chi connectivity index (χ1) is 9.79. The summed E-state index contributed by atoms with van der Waals surface area (Å²) in [6.45, 7) is 1.48. The van der Waals surface area contributed by atoms with E-state index in [-0.39, 0.29) is 11.3 Å². The van der Waals surface area contributed by atoms with Crippen LogP contribution in [0.25, 0.3) is 0 Å². The number of anilines is 1. The highest BCUT2D eigenvalue weighted by molar-refractivity contribution is 6.04. The number of benzene rings is 1. The second kappa shape index (κ2) is 5.51. The van der Waals surface area contributed by atoms with Crippen LogP contribution in [0, 0.1) is 12.7 Å². The van der Waals surface area contributed by atoms with E-state index in [0.717, 1.165) is 24.4 Å². The molecule has 2 aromatic rings. The molecule has 1 heterocycles. The molecule has 0 atom stereocenters. The predicted octanol–water partition coefficient (Wildman–Crippen LogP) is 3.80. The molecular formula is C14H10F4N2O. The molecule has 0 spiro atoms. The van der Waals surface area contributed by atoms with E-state index < -0.39 is 29.2 Å². The van der Waals surface area contributed by atoms with Crippen molar-refractivity contribution < 1.29 is 22.4 Å². The van der Waals surface area contributed by atoms with Crippen molar-refractivity contribution >= 4 is 11.6 Å². The minimum Gasteiger partial charge on any atom is -0.321 e. The molecule has 3 nitrogen and oxygen atoms in total. The zero-order chi connectivity index (χ0) is 15.6. The molecule has 0 radical (unpaired) electrons. The number of hydrogen-bond acceptors (Lipinski definition) is 2. The van der Waals surface area contributed by atoms with Crippen molar-refractivity contribution in [1.29, 1.82) is 0 Å². The van der Waals surface area contributed by atoms with Crippen molar-refractivity contribution in [2.45, 2.75) is 13.1 Å². The Kier molecular flexibility index (Phi) is 3.93. The van der Waals surface area contributed by atoms with Crippen LogP contribution in [0.4, 0.5) is 23.2 Å². The van der Waals surface area contributed by atoms with Crippen molar-refractivity contribution in [3.8, 4) is 0 Å². The number of amides is 1. The Hall–Kier alpha value is -2.44. The number of hydrogen-bond donors (Lipinski definition) is 1. The number of nitrogens with one attached hydrogen (secondary N) is 1.